The molecule has 0 aliphatic rings. The van der Waals surface area contributed by atoms with Crippen LogP contribution in [-0.2, 0) is 0 Å². The molecule has 1 rings (SSSR count). The maximum Gasteiger partial charge on any atom is 0.270 e. The van der Waals surface area contributed by atoms with Crippen molar-refractivity contribution in [2.45, 2.75) is 19.4 Å². The van der Waals surface area contributed by atoms with Crippen LogP contribution in [0.2, 0.25) is 0 Å². The molecule has 0 aliphatic heterocycles. The zero-order chi connectivity index (χ0) is 11.5. The van der Waals surface area contributed by atoms with E-state index in [1.54, 1.807) is 18.3 Å². The van der Waals surface area contributed by atoms with Crippen LogP contribution in [0.25, 0.3) is 0 Å². The lowest BCUT2D eigenvalue weighted by atomic mass is 10.1. The molecule has 1 amide bonds. The molecule has 17 heavy (non-hydrogen) atoms. The molecule has 7 heteroatoms. The first-order valence-electron chi connectivity index (χ1n) is 4.59. The normalized spacial score (nSPS) is 9.88. The summed E-state index contributed by atoms with van der Waals surface area (Å²) in [4.78, 5) is 15.7. The van der Waals surface area contributed by atoms with Crippen molar-refractivity contribution in [1.29, 1.82) is 0 Å². The Balaban J connectivity index is 0. The van der Waals surface area contributed by atoms with Crippen LogP contribution in [0.15, 0.2) is 22.8 Å². The Labute approximate surface area is 122 Å². The van der Waals surface area contributed by atoms with Crippen LogP contribution in [0.4, 0.5) is 0 Å². The van der Waals surface area contributed by atoms with E-state index in [2.05, 4.69) is 26.2 Å². The van der Waals surface area contributed by atoms with E-state index in [-0.39, 0.29) is 30.7 Å². The second-order valence-electron chi connectivity index (χ2n) is 3.90. The van der Waals surface area contributed by atoms with Gasteiger partial charge in [-0.15, -0.1) is 24.8 Å². The monoisotopic (exact) mass is 343 g/mol. The summed E-state index contributed by atoms with van der Waals surface area (Å²) in [6, 6.07) is 3.43. The van der Waals surface area contributed by atoms with E-state index in [1.165, 1.54) is 0 Å². The van der Waals surface area contributed by atoms with Gasteiger partial charge in [-0.1, -0.05) is 0 Å². The average molecular weight is 345 g/mol. The second kappa shape index (κ2) is 7.87. The molecular weight excluding hydrogens is 329 g/mol. The van der Waals surface area contributed by atoms with Gasteiger partial charge in [0.25, 0.3) is 5.91 Å². The molecule has 0 aromatic carbocycles. The van der Waals surface area contributed by atoms with Crippen molar-refractivity contribution < 1.29 is 4.79 Å². The van der Waals surface area contributed by atoms with Crippen molar-refractivity contribution in [2.75, 3.05) is 6.54 Å². The summed E-state index contributed by atoms with van der Waals surface area (Å²) in [6.45, 7) is 4.11. The minimum Gasteiger partial charge on any atom is -0.345 e. The van der Waals surface area contributed by atoms with Gasteiger partial charge in [0.05, 0.1) is 0 Å². The van der Waals surface area contributed by atoms with E-state index in [0.29, 0.717) is 12.2 Å². The molecular formula is C10H16BrCl2N3O. The fraction of sp³-hybridized carbons (Fsp3) is 0.400. The van der Waals surface area contributed by atoms with Gasteiger partial charge in [-0.25, -0.2) is 4.98 Å². The van der Waals surface area contributed by atoms with Gasteiger partial charge in [-0.2, -0.15) is 0 Å². The average Bonchev–Trinajstić information content (AvgIpc) is 2.18. The number of nitrogens with zero attached hydrogens (tertiary/aromatic N) is 1. The van der Waals surface area contributed by atoms with E-state index in [4.69, 9.17) is 5.73 Å². The Hall–Kier alpha value is -0.360. The van der Waals surface area contributed by atoms with Crippen LogP contribution in [0, 0.1) is 0 Å². The lowest BCUT2D eigenvalue weighted by Gasteiger charge is -2.23. The van der Waals surface area contributed by atoms with Crippen LogP contribution in [0.5, 0.6) is 0 Å². The number of rotatable bonds is 3. The largest absolute Gasteiger partial charge is 0.345 e. The van der Waals surface area contributed by atoms with Gasteiger partial charge in [0, 0.05) is 22.8 Å². The molecule has 0 unspecified atom stereocenters. The van der Waals surface area contributed by atoms with E-state index >= 15 is 0 Å². The first-order valence-corrected chi connectivity index (χ1v) is 5.38. The smallest absolute Gasteiger partial charge is 0.270 e. The van der Waals surface area contributed by atoms with Crippen LogP contribution in [0.1, 0.15) is 24.3 Å². The maximum atomic E-state index is 11.7. The fourth-order valence-electron chi connectivity index (χ4n) is 0.933. The molecule has 3 N–H and O–H groups in total. The van der Waals surface area contributed by atoms with Gasteiger partial charge in [0.15, 0.2) is 0 Å². The van der Waals surface area contributed by atoms with Gasteiger partial charge in [0.1, 0.15) is 5.69 Å². The first kappa shape index (κ1) is 19.0. The number of halogens is 3. The molecule has 0 bridgehead atoms. The highest BCUT2D eigenvalue weighted by Crippen LogP contribution is 2.08. The van der Waals surface area contributed by atoms with Crippen molar-refractivity contribution in [2.24, 2.45) is 5.73 Å². The Morgan fingerprint density at radius 2 is 2.06 bits per heavy atom. The summed E-state index contributed by atoms with van der Waals surface area (Å²) in [6.07, 6.45) is 1.59. The molecule has 98 valence electrons. The summed E-state index contributed by atoms with van der Waals surface area (Å²) in [5.74, 6) is -0.210. The van der Waals surface area contributed by atoms with Gasteiger partial charge < -0.3 is 11.1 Å². The third-order valence-corrected chi connectivity index (χ3v) is 2.39. The molecule has 0 fully saturated rings. The van der Waals surface area contributed by atoms with Crippen molar-refractivity contribution in [3.8, 4) is 0 Å². The minimum atomic E-state index is -0.411. The molecule has 1 aromatic rings. The topological polar surface area (TPSA) is 68.0 Å². The Morgan fingerprint density at radius 1 is 1.47 bits per heavy atom. The van der Waals surface area contributed by atoms with Crippen molar-refractivity contribution in [3.05, 3.63) is 28.5 Å². The van der Waals surface area contributed by atoms with Crippen molar-refractivity contribution >= 4 is 46.7 Å². The van der Waals surface area contributed by atoms with Crippen molar-refractivity contribution in [1.82, 2.24) is 10.3 Å². The lowest BCUT2D eigenvalue weighted by Crippen LogP contribution is -2.49. The number of carbonyl (C=O) groups excluding carboxylic acids is 1. The summed E-state index contributed by atoms with van der Waals surface area (Å²) in [7, 11) is 0. The second-order valence-corrected chi connectivity index (χ2v) is 4.82. The standard InChI is InChI=1S/C10H14BrN3O.2ClH/c1-10(2,6-12)14-9(15)8-4-3-7(11)5-13-8;;/h3-5H,6,12H2,1-2H3,(H,14,15);2*1H. The minimum absolute atomic E-state index is 0. The van der Waals surface area contributed by atoms with Gasteiger partial charge in [0.2, 0.25) is 0 Å². The van der Waals surface area contributed by atoms with Crippen LogP contribution in [-0.4, -0.2) is 23.0 Å². The zero-order valence-corrected chi connectivity index (χ0v) is 12.8. The summed E-state index contributed by atoms with van der Waals surface area (Å²) in [5.41, 5.74) is 5.49. The van der Waals surface area contributed by atoms with Crippen LogP contribution in [0.3, 0.4) is 0 Å². The number of aromatic nitrogens is 1. The van der Waals surface area contributed by atoms with Crippen molar-refractivity contribution in [3.63, 3.8) is 0 Å². The highest BCUT2D eigenvalue weighted by molar-refractivity contribution is 9.10. The molecule has 0 saturated heterocycles. The molecule has 0 atom stereocenters. The van der Waals surface area contributed by atoms with E-state index < -0.39 is 5.54 Å². The molecule has 1 heterocycles. The van der Waals surface area contributed by atoms with E-state index in [9.17, 15) is 4.79 Å². The van der Waals surface area contributed by atoms with Crippen LogP contribution >= 0.6 is 40.7 Å². The summed E-state index contributed by atoms with van der Waals surface area (Å²) >= 11 is 3.26. The quantitative estimate of drug-likeness (QED) is 0.882. The van der Waals surface area contributed by atoms with E-state index in [0.717, 1.165) is 4.47 Å². The number of nitrogens with one attached hydrogen (secondary N) is 1. The zero-order valence-electron chi connectivity index (χ0n) is 9.57. The number of amides is 1. The Kier molecular flexibility index (Phi) is 8.79. The number of hydrogen-bond acceptors (Lipinski definition) is 3. The summed E-state index contributed by atoms with van der Waals surface area (Å²) < 4.78 is 0.845. The number of carbonyl (C=O) groups is 1. The van der Waals surface area contributed by atoms with Crippen LogP contribution < -0.4 is 11.1 Å². The SMILES string of the molecule is CC(C)(CN)NC(=O)c1ccc(Br)cn1.Cl.Cl. The van der Waals surface area contributed by atoms with E-state index in [1.807, 2.05) is 13.8 Å². The predicted octanol–water partition coefficient (Wildman–Crippen LogP) is 2.15. The summed E-state index contributed by atoms with van der Waals surface area (Å²) in [5, 5.41) is 2.80. The molecule has 0 spiro atoms. The lowest BCUT2D eigenvalue weighted by molar-refractivity contribution is 0.0910. The highest BCUT2D eigenvalue weighted by atomic mass is 79.9. The number of hydrogen-bond donors (Lipinski definition) is 2. The molecule has 0 aliphatic carbocycles. The van der Waals surface area contributed by atoms with Gasteiger partial charge in [-0.05, 0) is 41.9 Å². The maximum absolute atomic E-state index is 11.7. The first-order chi connectivity index (χ1) is 6.94. The fourth-order valence-corrected chi connectivity index (χ4v) is 1.17. The molecule has 0 radical (unpaired) electrons. The Morgan fingerprint density at radius 3 is 2.47 bits per heavy atom. The molecule has 0 saturated carbocycles. The van der Waals surface area contributed by atoms with Gasteiger partial charge >= 0.3 is 0 Å². The van der Waals surface area contributed by atoms with Gasteiger partial charge in [-0.3, -0.25) is 4.79 Å². The number of pyridine rings is 1. The number of nitrogens with two attached hydrogens (primary N) is 1. The molecule has 1 aromatic heterocycles. The highest BCUT2D eigenvalue weighted by Gasteiger charge is 2.19. The predicted molar refractivity (Wildman–Crippen MR) is 77.0 cm³/mol. The molecule has 4 nitrogen and oxygen atoms in total. The third-order valence-electron chi connectivity index (χ3n) is 1.92. The third kappa shape index (κ3) is 6.21. The Bertz CT molecular complexity index is 357.